The van der Waals surface area contributed by atoms with Crippen molar-refractivity contribution in [1.29, 1.82) is 0 Å². The second-order valence-corrected chi connectivity index (χ2v) is 10.1. The first-order valence-corrected chi connectivity index (χ1v) is 13.2. The van der Waals surface area contributed by atoms with Gasteiger partial charge in [-0.3, -0.25) is 0 Å². The van der Waals surface area contributed by atoms with E-state index in [2.05, 4.69) is 21.3 Å². The Balaban J connectivity index is 0.000000228. The molecule has 4 amide bonds. The van der Waals surface area contributed by atoms with E-state index in [0.717, 1.165) is 12.1 Å². The zero-order valence-corrected chi connectivity index (χ0v) is 24.2. The van der Waals surface area contributed by atoms with Crippen molar-refractivity contribution in [3.05, 3.63) is 116 Å². The fourth-order valence-electron chi connectivity index (χ4n) is 3.05. The van der Waals surface area contributed by atoms with Gasteiger partial charge in [-0.25, -0.2) is 9.59 Å². The molecule has 0 aliphatic carbocycles. The lowest BCUT2D eigenvalue weighted by Crippen LogP contribution is -2.19. The Hall–Kier alpha value is -3.34. The highest BCUT2D eigenvalue weighted by Crippen LogP contribution is 2.36. The van der Waals surface area contributed by atoms with E-state index in [0.29, 0.717) is 37.2 Å². The third-order valence-corrected chi connectivity index (χ3v) is 6.48. The summed E-state index contributed by atoms with van der Waals surface area (Å²) in [4.78, 5) is 23.5. The summed E-state index contributed by atoms with van der Waals surface area (Å²) >= 11 is 28.6. The fraction of sp³-hybridized carbons (Fsp3) is 0.0370. The van der Waals surface area contributed by atoms with Crippen LogP contribution in [0.3, 0.4) is 0 Å². The molecule has 6 nitrogen and oxygen atoms in total. The molecule has 0 atom stereocenters. The first-order valence-electron chi connectivity index (χ1n) is 11.3. The summed E-state index contributed by atoms with van der Waals surface area (Å²) in [5.74, 6) is 0. The normalized spacial score (nSPS) is 10.6. The lowest BCUT2D eigenvalue weighted by molar-refractivity contribution is -0.137. The molecule has 0 radical (unpaired) electrons. The van der Waals surface area contributed by atoms with Crippen molar-refractivity contribution in [1.82, 2.24) is 0 Å². The molecule has 14 heteroatoms. The number of rotatable bonds is 4. The second kappa shape index (κ2) is 14.5. The summed E-state index contributed by atoms with van der Waals surface area (Å²) in [5, 5.41) is 11.6. The number of hydrogen-bond donors (Lipinski definition) is 4. The molecule has 0 saturated carbocycles. The molecule has 0 fully saturated rings. The van der Waals surface area contributed by atoms with E-state index in [1.54, 1.807) is 66.7 Å². The van der Waals surface area contributed by atoms with Gasteiger partial charge in [-0.05, 0) is 84.9 Å². The van der Waals surface area contributed by atoms with Crippen molar-refractivity contribution in [2.24, 2.45) is 0 Å². The summed E-state index contributed by atoms with van der Waals surface area (Å²) in [5.41, 5.74) is 0.608. The number of alkyl halides is 3. The van der Waals surface area contributed by atoms with Crippen LogP contribution in [-0.2, 0) is 6.18 Å². The summed E-state index contributed by atoms with van der Waals surface area (Å²) in [7, 11) is 0. The Kier molecular flexibility index (Phi) is 11.4. The van der Waals surface area contributed by atoms with Crippen molar-refractivity contribution >= 4 is 92.8 Å². The number of halogens is 8. The van der Waals surface area contributed by atoms with Gasteiger partial charge >= 0.3 is 18.2 Å². The Bertz CT molecular complexity index is 1520. The molecule has 4 aromatic rings. The van der Waals surface area contributed by atoms with Crippen LogP contribution in [-0.4, -0.2) is 12.1 Å². The smallest absolute Gasteiger partial charge is 0.308 e. The van der Waals surface area contributed by atoms with Crippen LogP contribution in [0.1, 0.15) is 5.56 Å². The van der Waals surface area contributed by atoms with E-state index in [1.165, 1.54) is 6.07 Å². The quantitative estimate of drug-likeness (QED) is 0.175. The van der Waals surface area contributed by atoms with Crippen molar-refractivity contribution in [3.8, 4) is 0 Å². The average molecular weight is 665 g/mol. The summed E-state index contributed by atoms with van der Waals surface area (Å²) in [6, 6.07) is 20.0. The second-order valence-electron chi connectivity index (χ2n) is 7.99. The maximum absolute atomic E-state index is 12.7. The van der Waals surface area contributed by atoms with Crippen LogP contribution >= 0.6 is 58.0 Å². The highest BCUT2D eigenvalue weighted by atomic mass is 35.5. The Morgan fingerprint density at radius 2 is 0.854 bits per heavy atom. The summed E-state index contributed by atoms with van der Waals surface area (Å²) < 4.78 is 38.2. The number of nitrogens with one attached hydrogen (secondary N) is 4. The molecule has 0 heterocycles. The van der Waals surface area contributed by atoms with Gasteiger partial charge in [0.25, 0.3) is 0 Å². The number of carbonyl (C=O) groups excluding carboxylic acids is 2. The minimum absolute atomic E-state index is 0.0248. The van der Waals surface area contributed by atoms with E-state index in [4.69, 9.17) is 58.0 Å². The maximum atomic E-state index is 12.7. The van der Waals surface area contributed by atoms with Crippen molar-refractivity contribution in [2.45, 2.75) is 6.18 Å². The highest BCUT2D eigenvalue weighted by molar-refractivity contribution is 6.42. The van der Waals surface area contributed by atoms with Crippen molar-refractivity contribution in [2.75, 3.05) is 21.3 Å². The van der Waals surface area contributed by atoms with Gasteiger partial charge in [0.1, 0.15) is 0 Å². The molecule has 0 saturated heterocycles. The largest absolute Gasteiger partial charge is 0.417 e. The van der Waals surface area contributed by atoms with Gasteiger partial charge in [0, 0.05) is 32.8 Å². The number of hydrogen-bond acceptors (Lipinski definition) is 2. The van der Waals surface area contributed by atoms with Crippen LogP contribution in [0.4, 0.5) is 45.5 Å². The number of amides is 4. The molecule has 4 rings (SSSR count). The fourth-order valence-corrected chi connectivity index (χ4v) is 3.82. The molecule has 0 aliphatic heterocycles. The average Bonchev–Trinajstić information content (AvgIpc) is 2.90. The maximum Gasteiger partial charge on any atom is 0.417 e. The lowest BCUT2D eigenvalue weighted by Gasteiger charge is -2.12. The first-order chi connectivity index (χ1) is 19.3. The van der Waals surface area contributed by atoms with Gasteiger partial charge in [-0.2, -0.15) is 13.2 Å². The molecular weight excluding hydrogens is 647 g/mol. The lowest BCUT2D eigenvalue weighted by atomic mass is 10.2. The molecule has 4 aromatic carbocycles. The third-order valence-electron chi connectivity index (χ3n) is 4.91. The number of anilines is 4. The van der Waals surface area contributed by atoms with Crippen molar-refractivity contribution < 1.29 is 22.8 Å². The number of carbonyl (C=O) groups is 2. The van der Waals surface area contributed by atoms with E-state index in [1.807, 2.05) is 0 Å². The molecule has 0 bridgehead atoms. The molecule has 0 spiro atoms. The van der Waals surface area contributed by atoms with Gasteiger partial charge in [-0.1, -0.05) is 58.0 Å². The minimum Gasteiger partial charge on any atom is -0.308 e. The molecule has 0 aromatic heterocycles. The Morgan fingerprint density at radius 3 is 1.27 bits per heavy atom. The summed E-state index contributed by atoms with van der Waals surface area (Å²) in [6.45, 7) is 0. The van der Waals surface area contributed by atoms with Crippen LogP contribution < -0.4 is 21.3 Å². The number of urea groups is 2. The van der Waals surface area contributed by atoms with E-state index in [9.17, 15) is 22.8 Å². The zero-order chi connectivity index (χ0) is 30.2. The molecular formula is C27H18Cl5F3N4O2. The predicted octanol–water partition coefficient (Wildman–Crippen LogP) is 10.9. The van der Waals surface area contributed by atoms with Gasteiger partial charge in [0.2, 0.25) is 0 Å². The Morgan fingerprint density at radius 1 is 0.488 bits per heavy atom. The predicted molar refractivity (Wildman–Crippen MR) is 161 cm³/mol. The van der Waals surface area contributed by atoms with Crippen LogP contribution in [0.25, 0.3) is 0 Å². The van der Waals surface area contributed by atoms with Crippen molar-refractivity contribution in [3.63, 3.8) is 0 Å². The first kappa shape index (κ1) is 32.2. The molecule has 214 valence electrons. The minimum atomic E-state index is -4.60. The number of benzene rings is 4. The van der Waals surface area contributed by atoms with E-state index >= 15 is 0 Å². The van der Waals surface area contributed by atoms with Crippen LogP contribution in [0, 0.1) is 0 Å². The van der Waals surface area contributed by atoms with Crippen LogP contribution in [0.15, 0.2) is 84.9 Å². The monoisotopic (exact) mass is 662 g/mol. The Labute approximate surface area is 257 Å². The molecule has 4 N–H and O–H groups in total. The SMILES string of the molecule is O=C(Nc1ccc(Cl)cc1)Nc1ccc(Cl)c(C(F)(F)F)c1.O=C(Nc1ccc(Cl)cc1)Nc1ccc(Cl)c(Cl)c1. The molecule has 0 aliphatic rings. The van der Waals surface area contributed by atoms with Gasteiger partial charge in [0.05, 0.1) is 20.6 Å². The highest BCUT2D eigenvalue weighted by Gasteiger charge is 2.33. The van der Waals surface area contributed by atoms with Gasteiger partial charge < -0.3 is 21.3 Å². The standard InChI is InChI=1S/C14H9Cl2F3N2O.C13H9Cl3N2O/c15-8-1-3-9(4-2-8)20-13(22)21-10-5-6-12(16)11(7-10)14(17,18)19;14-8-1-3-9(4-2-8)17-13(19)18-10-5-6-11(15)12(16)7-10/h1-7H,(H2,20,21,22);1-7H,(H2,17,18,19). The van der Waals surface area contributed by atoms with E-state index in [-0.39, 0.29) is 11.7 Å². The van der Waals surface area contributed by atoms with Crippen LogP contribution in [0.2, 0.25) is 25.1 Å². The van der Waals surface area contributed by atoms with Gasteiger partial charge in [-0.15, -0.1) is 0 Å². The third kappa shape index (κ3) is 10.5. The van der Waals surface area contributed by atoms with Crippen LogP contribution in [0.5, 0.6) is 0 Å². The van der Waals surface area contributed by atoms with Gasteiger partial charge in [0.15, 0.2) is 0 Å². The molecule has 41 heavy (non-hydrogen) atoms. The molecule has 0 unspecified atom stereocenters. The topological polar surface area (TPSA) is 82.3 Å². The van der Waals surface area contributed by atoms with E-state index < -0.39 is 22.8 Å². The zero-order valence-electron chi connectivity index (χ0n) is 20.4. The summed E-state index contributed by atoms with van der Waals surface area (Å²) in [6.07, 6.45) is -4.60.